The number of carbonyl (C=O) groups is 1. The van der Waals surface area contributed by atoms with Gasteiger partial charge in [0.15, 0.2) is 0 Å². The van der Waals surface area contributed by atoms with Gasteiger partial charge in [-0.15, -0.1) is 0 Å². The zero-order valence-corrected chi connectivity index (χ0v) is 57.3. The second-order valence-electron chi connectivity index (χ2n) is 25.2. The molecule has 14 aromatic carbocycles. The van der Waals surface area contributed by atoms with Crippen LogP contribution in [0.2, 0.25) is 0 Å². The molecule has 472 valence electrons. The number of benzene rings is 14. The van der Waals surface area contributed by atoms with Gasteiger partial charge in [0.1, 0.15) is 5.75 Å². The smallest absolute Gasteiger partial charge is 0.336 e. The molecule has 14 rings (SSSR count). The number of hydrogen-bond acceptors (Lipinski definition) is 2. The first-order valence-electron chi connectivity index (χ1n) is 32.8. The normalized spacial score (nSPS) is 10.5. The molecule has 0 aliphatic rings. The highest BCUT2D eigenvalue weighted by Gasteiger charge is 2.05. The third-order valence-electron chi connectivity index (χ3n) is 16.5. The standard InChI is InChI=1S/C21H18O2.C20H18.C18H16.C14H14.C12H12.C8H10/c1-15-4-10-20(11-5-15)23-21(22)12-7-17-6-9-18-13-16(2)3-8-19(18)14-17;1-15-3-7-17(8-4-15)19-11-13-20(14-12-19)18-9-5-16(2)6-10-18;1-13-3-6-15(7-4-13)17-10-9-16-11-14(2)5-8-18(16)12-17;1-11-3-7-13(8-4-11)14-9-5-12(2)6-10-14;1-9-3-5-12-8-10(2)4-6-11(12)7-9;1-7-3-5-8(2)6-4-7/h3-14H,1-2H3;3-14H,1-2H3;3-12H,1-2H3;3-10H,1-2H3;3-8H,1-2H3;3-6H,1-2H3/b12-7+;;;;;. The van der Waals surface area contributed by atoms with Crippen LogP contribution in [-0.4, -0.2) is 5.97 Å². The predicted octanol–water partition coefficient (Wildman–Crippen LogP) is 25.6. The zero-order valence-electron chi connectivity index (χ0n) is 57.3. The number of aryl methyl sites for hydroxylation is 12. The van der Waals surface area contributed by atoms with Crippen molar-refractivity contribution in [1.82, 2.24) is 0 Å². The molecule has 0 atom stereocenters. The summed E-state index contributed by atoms with van der Waals surface area (Å²) in [5.74, 6) is 0.178. The molecule has 0 saturated heterocycles. The minimum absolute atomic E-state index is 0.377. The highest BCUT2D eigenvalue weighted by atomic mass is 16.5. The van der Waals surface area contributed by atoms with E-state index in [-0.39, 0.29) is 5.97 Å². The Labute approximate surface area is 565 Å². The maximum Gasteiger partial charge on any atom is 0.336 e. The highest BCUT2D eigenvalue weighted by Crippen LogP contribution is 2.28. The molecule has 0 amide bonds. The van der Waals surface area contributed by atoms with E-state index in [0.717, 1.165) is 16.5 Å². The van der Waals surface area contributed by atoms with Crippen LogP contribution in [0.4, 0.5) is 0 Å². The molecule has 0 N–H and O–H groups in total. The molecule has 14 aromatic rings. The Morgan fingerprint density at radius 3 is 0.716 bits per heavy atom. The van der Waals surface area contributed by atoms with E-state index in [1.165, 1.54) is 139 Å². The SMILES string of the molecule is Cc1ccc(-c2ccc(-c3ccc(C)cc3)cc2)cc1.Cc1ccc(-c2ccc(C)cc2)cc1.Cc1ccc(-c2ccc3cc(C)ccc3c2)cc1.Cc1ccc(C)cc1.Cc1ccc(OC(=O)/C=C/c2ccc3cc(C)ccc3c2)cc1.Cc1ccc2cc(C)ccc2c1. The van der Waals surface area contributed by atoms with Crippen LogP contribution in [0.1, 0.15) is 72.3 Å². The van der Waals surface area contributed by atoms with Crippen molar-refractivity contribution in [1.29, 1.82) is 0 Å². The summed E-state index contributed by atoms with van der Waals surface area (Å²) in [7, 11) is 0. The molecule has 0 saturated carbocycles. The van der Waals surface area contributed by atoms with Crippen LogP contribution in [0, 0.1) is 83.1 Å². The first-order valence-corrected chi connectivity index (χ1v) is 32.8. The summed E-state index contributed by atoms with van der Waals surface area (Å²) in [6.07, 6.45) is 3.23. The van der Waals surface area contributed by atoms with E-state index in [1.54, 1.807) is 18.2 Å². The van der Waals surface area contributed by atoms with Gasteiger partial charge in [0.05, 0.1) is 0 Å². The van der Waals surface area contributed by atoms with Crippen LogP contribution in [0.15, 0.2) is 309 Å². The first kappa shape index (κ1) is 68.4. The molecular formula is C93H88O2. The number of rotatable bonds is 7. The highest BCUT2D eigenvalue weighted by molar-refractivity contribution is 5.91. The van der Waals surface area contributed by atoms with Crippen molar-refractivity contribution in [3.8, 4) is 50.3 Å². The van der Waals surface area contributed by atoms with E-state index in [9.17, 15) is 4.79 Å². The number of hydrogen-bond donors (Lipinski definition) is 0. The molecule has 0 fully saturated rings. The van der Waals surface area contributed by atoms with Gasteiger partial charge in [-0.25, -0.2) is 4.79 Å². The molecule has 2 nitrogen and oxygen atoms in total. The molecule has 0 spiro atoms. The Hall–Kier alpha value is -10.9. The van der Waals surface area contributed by atoms with Crippen LogP contribution in [0.25, 0.3) is 82.9 Å². The lowest BCUT2D eigenvalue weighted by molar-refractivity contribution is -0.128. The van der Waals surface area contributed by atoms with Gasteiger partial charge in [-0.1, -0.05) is 346 Å². The van der Waals surface area contributed by atoms with Crippen molar-refractivity contribution in [2.24, 2.45) is 0 Å². The Morgan fingerprint density at radius 1 is 0.211 bits per heavy atom. The van der Waals surface area contributed by atoms with Crippen LogP contribution >= 0.6 is 0 Å². The van der Waals surface area contributed by atoms with Crippen molar-refractivity contribution in [3.63, 3.8) is 0 Å². The fraction of sp³-hybridized carbons (Fsp3) is 0.129. The van der Waals surface area contributed by atoms with Crippen molar-refractivity contribution < 1.29 is 9.53 Å². The van der Waals surface area contributed by atoms with Gasteiger partial charge >= 0.3 is 5.97 Å². The molecule has 0 radical (unpaired) electrons. The number of ether oxygens (including phenoxy) is 1. The van der Waals surface area contributed by atoms with E-state index in [4.69, 9.17) is 4.74 Å². The molecule has 0 aliphatic heterocycles. The second kappa shape index (κ2) is 33.6. The van der Waals surface area contributed by atoms with E-state index < -0.39 is 0 Å². The van der Waals surface area contributed by atoms with Gasteiger partial charge in [-0.2, -0.15) is 0 Å². The van der Waals surface area contributed by atoms with Crippen molar-refractivity contribution >= 4 is 44.4 Å². The van der Waals surface area contributed by atoms with Crippen LogP contribution in [0.3, 0.4) is 0 Å². The van der Waals surface area contributed by atoms with Crippen molar-refractivity contribution in [3.05, 3.63) is 382 Å². The fourth-order valence-electron chi connectivity index (χ4n) is 10.7. The summed E-state index contributed by atoms with van der Waals surface area (Å²) < 4.78 is 5.27. The van der Waals surface area contributed by atoms with Gasteiger partial charge < -0.3 is 4.74 Å². The lowest BCUT2D eigenvalue weighted by Gasteiger charge is -2.06. The third kappa shape index (κ3) is 21.3. The Morgan fingerprint density at radius 2 is 0.411 bits per heavy atom. The summed E-state index contributed by atoms with van der Waals surface area (Å²) in [6.45, 7) is 25.2. The van der Waals surface area contributed by atoms with Gasteiger partial charge in [-0.05, 0) is 196 Å². The van der Waals surface area contributed by atoms with Gasteiger partial charge in [0.2, 0.25) is 0 Å². The Balaban J connectivity index is 0.000000137. The molecule has 95 heavy (non-hydrogen) atoms. The summed E-state index contributed by atoms with van der Waals surface area (Å²) in [6, 6.07) is 107. The third-order valence-corrected chi connectivity index (χ3v) is 16.5. The molecule has 0 bridgehead atoms. The largest absolute Gasteiger partial charge is 0.423 e. The zero-order chi connectivity index (χ0) is 67.2. The van der Waals surface area contributed by atoms with Crippen LogP contribution < -0.4 is 4.74 Å². The number of esters is 1. The number of carbonyl (C=O) groups excluding carboxylic acids is 1. The molecular weight excluding hydrogens is 1150 g/mol. The average Bonchev–Trinajstić information content (AvgIpc) is 1.76. The molecule has 0 aromatic heterocycles. The molecule has 0 aliphatic carbocycles. The lowest BCUT2D eigenvalue weighted by Crippen LogP contribution is -2.03. The second-order valence-corrected chi connectivity index (χ2v) is 25.2. The maximum atomic E-state index is 11.9. The average molecular weight is 1240 g/mol. The Kier molecular flexibility index (Phi) is 24.2. The van der Waals surface area contributed by atoms with Crippen molar-refractivity contribution in [2.45, 2.75) is 83.1 Å². The molecule has 0 unspecified atom stereocenters. The predicted molar refractivity (Wildman–Crippen MR) is 411 cm³/mol. The van der Waals surface area contributed by atoms with Crippen LogP contribution in [0.5, 0.6) is 5.75 Å². The molecule has 0 heterocycles. The quantitative estimate of drug-likeness (QED) is 0.0903. The first-order chi connectivity index (χ1) is 45.8. The van der Waals surface area contributed by atoms with Gasteiger partial charge in [-0.3, -0.25) is 0 Å². The van der Waals surface area contributed by atoms with Crippen molar-refractivity contribution in [2.75, 3.05) is 0 Å². The summed E-state index contributed by atoms with van der Waals surface area (Å²) in [5, 5.41) is 7.64. The minimum atomic E-state index is -0.377. The van der Waals surface area contributed by atoms with E-state index in [1.807, 2.05) is 25.1 Å². The van der Waals surface area contributed by atoms with E-state index in [0.29, 0.717) is 5.75 Å². The van der Waals surface area contributed by atoms with Gasteiger partial charge in [0, 0.05) is 6.08 Å². The summed E-state index contributed by atoms with van der Waals surface area (Å²) in [4.78, 5) is 11.9. The maximum absolute atomic E-state index is 11.9. The Bertz CT molecular complexity index is 4610. The fourth-order valence-corrected chi connectivity index (χ4v) is 10.7. The topological polar surface area (TPSA) is 26.3 Å². The van der Waals surface area contributed by atoms with E-state index >= 15 is 0 Å². The lowest BCUT2D eigenvalue weighted by atomic mass is 9.99. The number of fused-ring (bicyclic) bond motifs is 3. The van der Waals surface area contributed by atoms with Crippen LogP contribution in [-0.2, 0) is 4.79 Å². The molecule has 2 heteroatoms. The summed E-state index contributed by atoms with van der Waals surface area (Å²) >= 11 is 0. The monoisotopic (exact) mass is 1240 g/mol. The minimum Gasteiger partial charge on any atom is -0.423 e. The van der Waals surface area contributed by atoms with E-state index in [2.05, 4.69) is 349 Å². The summed E-state index contributed by atoms with van der Waals surface area (Å²) in [5.41, 5.74) is 26.7. The van der Waals surface area contributed by atoms with Gasteiger partial charge in [0.25, 0.3) is 0 Å².